The fourth-order valence-corrected chi connectivity index (χ4v) is 3.87. The van der Waals surface area contributed by atoms with Crippen LogP contribution in [0.1, 0.15) is 13.8 Å². The predicted octanol–water partition coefficient (Wildman–Crippen LogP) is 1.98. The smallest absolute Gasteiger partial charge is 0.246 e. The van der Waals surface area contributed by atoms with Crippen LogP contribution in [0.15, 0.2) is 27.6 Å². The zero-order valence-corrected chi connectivity index (χ0v) is 13.0. The van der Waals surface area contributed by atoms with E-state index in [0.29, 0.717) is 4.47 Å². The van der Waals surface area contributed by atoms with E-state index in [1.54, 1.807) is 0 Å². The molecular weight excluding hydrogens is 337 g/mol. The number of rotatable bonds is 3. The third kappa shape index (κ3) is 2.56. The summed E-state index contributed by atoms with van der Waals surface area (Å²) >= 11 is 3.08. The quantitative estimate of drug-likeness (QED) is 0.905. The molecule has 1 aliphatic rings. The fraction of sp³-hybridized carbons (Fsp3) is 0.500. The first-order valence-corrected chi connectivity index (χ1v) is 8.08. The summed E-state index contributed by atoms with van der Waals surface area (Å²) < 4.78 is 39.7. The van der Waals surface area contributed by atoms with Crippen LogP contribution in [0.4, 0.5) is 4.39 Å². The van der Waals surface area contributed by atoms with Crippen LogP contribution in [-0.4, -0.2) is 36.5 Å². The van der Waals surface area contributed by atoms with Crippen molar-refractivity contribution in [3.63, 3.8) is 0 Å². The Hall–Kier alpha value is -0.500. The summed E-state index contributed by atoms with van der Waals surface area (Å²) in [7, 11) is -3.88. The zero-order valence-electron chi connectivity index (χ0n) is 10.6. The summed E-state index contributed by atoms with van der Waals surface area (Å²) in [6, 6.07) is 3.81. The van der Waals surface area contributed by atoms with E-state index >= 15 is 0 Å². The monoisotopic (exact) mass is 351 g/mol. The predicted molar refractivity (Wildman–Crippen MR) is 72.6 cm³/mol. The average molecular weight is 352 g/mol. The van der Waals surface area contributed by atoms with Crippen molar-refractivity contribution in [1.82, 2.24) is 4.31 Å². The molecule has 1 heterocycles. The highest BCUT2D eigenvalue weighted by Crippen LogP contribution is 2.34. The van der Waals surface area contributed by atoms with Gasteiger partial charge in [-0.25, -0.2) is 12.8 Å². The number of aliphatic hydroxyl groups is 1. The number of hydrogen-bond acceptors (Lipinski definition) is 3. The van der Waals surface area contributed by atoms with Crippen LogP contribution in [0, 0.1) is 11.7 Å². The topological polar surface area (TPSA) is 57.6 Å². The molecule has 0 saturated carbocycles. The van der Waals surface area contributed by atoms with Gasteiger partial charge in [-0.05, 0) is 24.1 Å². The minimum atomic E-state index is -3.88. The molecular formula is C12H15BrFNO3S. The molecule has 0 unspecified atom stereocenters. The van der Waals surface area contributed by atoms with Crippen LogP contribution in [-0.2, 0) is 10.0 Å². The second-order valence-electron chi connectivity index (χ2n) is 5.11. The molecule has 1 saturated heterocycles. The first-order valence-electron chi connectivity index (χ1n) is 5.84. The van der Waals surface area contributed by atoms with E-state index in [1.165, 1.54) is 12.1 Å². The van der Waals surface area contributed by atoms with Crippen LogP contribution < -0.4 is 0 Å². The van der Waals surface area contributed by atoms with Gasteiger partial charge < -0.3 is 5.11 Å². The molecule has 0 bridgehead atoms. The summed E-state index contributed by atoms with van der Waals surface area (Å²) in [5.41, 5.74) is -1.01. The summed E-state index contributed by atoms with van der Waals surface area (Å²) in [4.78, 5) is -0.360. The molecule has 0 spiro atoms. The van der Waals surface area contributed by atoms with Crippen molar-refractivity contribution < 1.29 is 17.9 Å². The second kappa shape index (κ2) is 4.80. The maximum absolute atomic E-state index is 13.7. The molecule has 0 radical (unpaired) electrons. The molecule has 1 aromatic carbocycles. The van der Waals surface area contributed by atoms with E-state index in [2.05, 4.69) is 15.9 Å². The van der Waals surface area contributed by atoms with E-state index < -0.39 is 21.4 Å². The summed E-state index contributed by atoms with van der Waals surface area (Å²) in [6.45, 7) is 3.65. The number of nitrogens with zero attached hydrogens (tertiary/aromatic N) is 1. The maximum Gasteiger partial charge on any atom is 0.246 e. The van der Waals surface area contributed by atoms with Gasteiger partial charge in [0.1, 0.15) is 10.7 Å². The van der Waals surface area contributed by atoms with Crippen LogP contribution in [0.25, 0.3) is 0 Å². The molecule has 7 heteroatoms. The lowest BCUT2D eigenvalue weighted by Crippen LogP contribution is -2.65. The number of benzene rings is 1. The zero-order chi connectivity index (χ0) is 14.4. The average Bonchev–Trinajstić information content (AvgIpc) is 2.23. The van der Waals surface area contributed by atoms with Crippen molar-refractivity contribution >= 4 is 26.0 Å². The van der Waals surface area contributed by atoms with Crippen LogP contribution >= 0.6 is 15.9 Å². The molecule has 1 aromatic rings. The van der Waals surface area contributed by atoms with Gasteiger partial charge in [-0.2, -0.15) is 4.31 Å². The lowest BCUT2D eigenvalue weighted by Gasteiger charge is -2.47. The standard InChI is InChI=1S/C12H15BrFNO3S/c1-8(2)12(16)6-15(7-12)19(17,18)11-4-3-9(13)5-10(11)14/h3-5,8,16H,6-7H2,1-2H3. The summed E-state index contributed by atoms with van der Waals surface area (Å²) in [5, 5.41) is 10.1. The molecule has 1 N–H and O–H groups in total. The van der Waals surface area contributed by atoms with E-state index in [-0.39, 0.29) is 23.9 Å². The fourth-order valence-electron chi connectivity index (χ4n) is 1.92. The Morgan fingerprint density at radius 2 is 2.00 bits per heavy atom. The van der Waals surface area contributed by atoms with Gasteiger partial charge in [-0.1, -0.05) is 29.8 Å². The number of β-amino-alcohol motifs (C(OH)–C–C–N with tert-alkyl or cyclic N) is 1. The minimum Gasteiger partial charge on any atom is -0.387 e. The Kier molecular flexibility index (Phi) is 3.77. The van der Waals surface area contributed by atoms with Crippen LogP contribution in [0.5, 0.6) is 0 Å². The normalized spacial score (nSPS) is 19.5. The lowest BCUT2D eigenvalue weighted by molar-refractivity contribution is -0.0933. The third-order valence-electron chi connectivity index (χ3n) is 3.49. The molecule has 1 aliphatic heterocycles. The molecule has 0 atom stereocenters. The third-order valence-corrected chi connectivity index (χ3v) is 5.80. The van der Waals surface area contributed by atoms with E-state index in [4.69, 9.17) is 0 Å². The van der Waals surface area contributed by atoms with Crippen molar-refractivity contribution in [2.24, 2.45) is 5.92 Å². The van der Waals surface area contributed by atoms with Crippen molar-refractivity contribution in [3.05, 3.63) is 28.5 Å². The molecule has 0 aromatic heterocycles. The van der Waals surface area contributed by atoms with Gasteiger partial charge in [-0.3, -0.25) is 0 Å². The Labute approximate surface area is 120 Å². The van der Waals surface area contributed by atoms with Gasteiger partial charge in [0.15, 0.2) is 0 Å². The van der Waals surface area contributed by atoms with Gasteiger partial charge in [0.2, 0.25) is 10.0 Å². The van der Waals surface area contributed by atoms with Crippen molar-refractivity contribution in [3.8, 4) is 0 Å². The highest BCUT2D eigenvalue weighted by Gasteiger charge is 2.49. The van der Waals surface area contributed by atoms with Gasteiger partial charge in [0.25, 0.3) is 0 Å². The largest absolute Gasteiger partial charge is 0.387 e. The number of sulfonamides is 1. The summed E-state index contributed by atoms with van der Waals surface area (Å²) in [5.74, 6) is -0.844. The molecule has 1 fully saturated rings. The lowest BCUT2D eigenvalue weighted by atomic mass is 9.85. The first-order chi connectivity index (χ1) is 8.67. The molecule has 19 heavy (non-hydrogen) atoms. The van der Waals surface area contributed by atoms with Gasteiger partial charge in [-0.15, -0.1) is 0 Å². The minimum absolute atomic E-state index is 0.00248. The first kappa shape index (κ1) is 14.9. The van der Waals surface area contributed by atoms with E-state index in [1.807, 2.05) is 13.8 Å². The van der Waals surface area contributed by atoms with Gasteiger partial charge in [0, 0.05) is 17.6 Å². The SMILES string of the molecule is CC(C)C1(O)CN(S(=O)(=O)c2ccc(Br)cc2F)C1. The van der Waals surface area contributed by atoms with Gasteiger partial charge >= 0.3 is 0 Å². The van der Waals surface area contributed by atoms with Crippen LogP contribution in [0.3, 0.4) is 0 Å². The molecule has 0 aliphatic carbocycles. The van der Waals surface area contributed by atoms with Crippen LogP contribution in [0.2, 0.25) is 0 Å². The maximum atomic E-state index is 13.7. The Bertz CT molecular complexity index is 597. The Balaban J connectivity index is 2.26. The summed E-state index contributed by atoms with van der Waals surface area (Å²) in [6.07, 6.45) is 0. The molecule has 2 rings (SSSR count). The highest BCUT2D eigenvalue weighted by molar-refractivity contribution is 9.10. The van der Waals surface area contributed by atoms with E-state index in [0.717, 1.165) is 10.4 Å². The second-order valence-corrected chi connectivity index (χ2v) is 7.93. The van der Waals surface area contributed by atoms with Gasteiger partial charge in [0.05, 0.1) is 5.60 Å². The highest BCUT2D eigenvalue weighted by atomic mass is 79.9. The van der Waals surface area contributed by atoms with E-state index in [9.17, 15) is 17.9 Å². The molecule has 0 amide bonds. The van der Waals surface area contributed by atoms with Crippen molar-refractivity contribution in [2.75, 3.05) is 13.1 Å². The Morgan fingerprint density at radius 3 is 2.47 bits per heavy atom. The Morgan fingerprint density at radius 1 is 1.42 bits per heavy atom. The number of hydrogen-bond donors (Lipinski definition) is 1. The molecule has 4 nitrogen and oxygen atoms in total. The van der Waals surface area contributed by atoms with Crippen molar-refractivity contribution in [1.29, 1.82) is 0 Å². The van der Waals surface area contributed by atoms with Crippen molar-refractivity contribution in [2.45, 2.75) is 24.3 Å². The number of halogens is 2. The molecule has 106 valence electrons.